The summed E-state index contributed by atoms with van der Waals surface area (Å²) in [6.07, 6.45) is 1.04. The molecular formula is C15H17N5. The van der Waals surface area contributed by atoms with E-state index in [-0.39, 0.29) is 0 Å². The van der Waals surface area contributed by atoms with Crippen LogP contribution in [0, 0.1) is 18.3 Å². The van der Waals surface area contributed by atoms with E-state index in [1.165, 1.54) is 0 Å². The lowest BCUT2D eigenvalue weighted by molar-refractivity contribution is 0.955. The second-order valence-electron chi connectivity index (χ2n) is 4.43. The molecule has 0 aliphatic heterocycles. The lowest BCUT2D eigenvalue weighted by Gasteiger charge is -2.09. The molecule has 0 spiro atoms. The lowest BCUT2D eigenvalue weighted by atomic mass is 10.2. The van der Waals surface area contributed by atoms with Crippen molar-refractivity contribution in [2.24, 2.45) is 0 Å². The fourth-order valence-corrected chi connectivity index (χ4v) is 1.75. The summed E-state index contributed by atoms with van der Waals surface area (Å²) in [7, 11) is 0. The van der Waals surface area contributed by atoms with E-state index in [2.05, 4.69) is 33.6 Å². The summed E-state index contributed by atoms with van der Waals surface area (Å²) in [6.45, 7) is 4.85. The predicted octanol–water partition coefficient (Wildman–Crippen LogP) is 3.22. The number of hydrogen-bond donors (Lipinski definition) is 2. The Kier molecular flexibility index (Phi) is 4.51. The van der Waals surface area contributed by atoms with E-state index < -0.39 is 0 Å². The molecule has 1 heterocycles. The first kappa shape index (κ1) is 13.8. The Morgan fingerprint density at radius 1 is 1.15 bits per heavy atom. The van der Waals surface area contributed by atoms with Crippen LogP contribution in [-0.2, 0) is 0 Å². The van der Waals surface area contributed by atoms with Crippen LogP contribution in [0.5, 0.6) is 0 Å². The highest BCUT2D eigenvalue weighted by molar-refractivity contribution is 5.60. The summed E-state index contributed by atoms with van der Waals surface area (Å²) in [5, 5.41) is 15.2. The monoisotopic (exact) mass is 267 g/mol. The number of aryl methyl sites for hydroxylation is 1. The van der Waals surface area contributed by atoms with Gasteiger partial charge in [0.1, 0.15) is 17.5 Å². The second-order valence-corrected chi connectivity index (χ2v) is 4.43. The summed E-state index contributed by atoms with van der Waals surface area (Å²) >= 11 is 0. The van der Waals surface area contributed by atoms with Gasteiger partial charge in [0.25, 0.3) is 0 Å². The van der Waals surface area contributed by atoms with Gasteiger partial charge in [0.15, 0.2) is 0 Å². The largest absolute Gasteiger partial charge is 0.370 e. The summed E-state index contributed by atoms with van der Waals surface area (Å²) in [5.74, 6) is 2.26. The minimum atomic E-state index is 0.639. The van der Waals surface area contributed by atoms with Gasteiger partial charge >= 0.3 is 0 Å². The van der Waals surface area contributed by atoms with Crippen molar-refractivity contribution in [2.45, 2.75) is 20.3 Å². The molecule has 1 aromatic carbocycles. The van der Waals surface area contributed by atoms with Crippen LogP contribution in [-0.4, -0.2) is 16.5 Å². The third-order valence-electron chi connectivity index (χ3n) is 2.68. The van der Waals surface area contributed by atoms with Gasteiger partial charge in [0, 0.05) is 18.3 Å². The van der Waals surface area contributed by atoms with Crippen molar-refractivity contribution < 1.29 is 0 Å². The van der Waals surface area contributed by atoms with Gasteiger partial charge in [0.05, 0.1) is 11.6 Å². The minimum absolute atomic E-state index is 0.639. The standard InChI is InChI=1S/C15H17N5/c1-3-8-17-14-9-15(19-11(2)18-14)20-13-6-4-12(10-16)5-7-13/h4-7,9H,3,8H2,1-2H3,(H2,17,18,19,20). The molecule has 0 aliphatic rings. The molecule has 0 unspecified atom stereocenters. The number of aromatic nitrogens is 2. The molecule has 0 bridgehead atoms. The second kappa shape index (κ2) is 6.53. The molecule has 0 atom stereocenters. The molecule has 0 saturated heterocycles. The SMILES string of the molecule is CCCNc1cc(Nc2ccc(C#N)cc2)nc(C)n1. The molecule has 5 nitrogen and oxygen atoms in total. The zero-order valence-electron chi connectivity index (χ0n) is 11.6. The van der Waals surface area contributed by atoms with Gasteiger partial charge in [-0.1, -0.05) is 6.92 Å². The molecule has 102 valence electrons. The van der Waals surface area contributed by atoms with Crippen molar-refractivity contribution in [3.8, 4) is 6.07 Å². The highest BCUT2D eigenvalue weighted by atomic mass is 15.1. The van der Waals surface area contributed by atoms with Crippen LogP contribution in [0.25, 0.3) is 0 Å². The Labute approximate surface area is 118 Å². The normalized spacial score (nSPS) is 9.85. The first-order valence-corrected chi connectivity index (χ1v) is 6.58. The van der Waals surface area contributed by atoms with E-state index in [0.29, 0.717) is 11.4 Å². The number of benzene rings is 1. The van der Waals surface area contributed by atoms with Gasteiger partial charge in [-0.15, -0.1) is 0 Å². The number of rotatable bonds is 5. The molecule has 1 aromatic heterocycles. The molecule has 0 fully saturated rings. The fraction of sp³-hybridized carbons (Fsp3) is 0.267. The Morgan fingerprint density at radius 3 is 2.50 bits per heavy atom. The van der Waals surface area contributed by atoms with Crippen molar-refractivity contribution in [3.05, 3.63) is 41.7 Å². The smallest absolute Gasteiger partial charge is 0.136 e. The molecule has 0 saturated carbocycles. The van der Waals surface area contributed by atoms with E-state index >= 15 is 0 Å². The van der Waals surface area contributed by atoms with Crippen LogP contribution in [0.15, 0.2) is 30.3 Å². The van der Waals surface area contributed by atoms with Gasteiger partial charge in [-0.05, 0) is 37.6 Å². The highest BCUT2D eigenvalue weighted by Crippen LogP contribution is 2.17. The van der Waals surface area contributed by atoms with Crippen LogP contribution < -0.4 is 10.6 Å². The Bertz CT molecular complexity index is 613. The van der Waals surface area contributed by atoms with Gasteiger partial charge in [-0.25, -0.2) is 9.97 Å². The Morgan fingerprint density at radius 2 is 1.85 bits per heavy atom. The molecule has 2 rings (SSSR count). The summed E-state index contributed by atoms with van der Waals surface area (Å²) < 4.78 is 0. The summed E-state index contributed by atoms with van der Waals surface area (Å²) in [5.41, 5.74) is 1.53. The molecule has 5 heteroatoms. The topological polar surface area (TPSA) is 73.6 Å². The van der Waals surface area contributed by atoms with Crippen molar-refractivity contribution in [1.82, 2.24) is 9.97 Å². The molecule has 0 amide bonds. The molecule has 2 N–H and O–H groups in total. The average Bonchev–Trinajstić information content (AvgIpc) is 2.45. The highest BCUT2D eigenvalue weighted by Gasteiger charge is 2.02. The third kappa shape index (κ3) is 3.69. The van der Waals surface area contributed by atoms with Crippen molar-refractivity contribution in [2.75, 3.05) is 17.2 Å². The van der Waals surface area contributed by atoms with E-state index in [9.17, 15) is 0 Å². The number of hydrogen-bond acceptors (Lipinski definition) is 5. The van der Waals surface area contributed by atoms with Gasteiger partial charge in [-0.3, -0.25) is 0 Å². The maximum atomic E-state index is 8.77. The van der Waals surface area contributed by atoms with Gasteiger partial charge < -0.3 is 10.6 Å². The van der Waals surface area contributed by atoms with E-state index in [4.69, 9.17) is 5.26 Å². The van der Waals surface area contributed by atoms with Crippen LogP contribution in [0.3, 0.4) is 0 Å². The van der Waals surface area contributed by atoms with E-state index in [1.54, 1.807) is 12.1 Å². The molecule has 0 radical (unpaired) electrons. The number of anilines is 3. The van der Waals surface area contributed by atoms with Gasteiger partial charge in [0.2, 0.25) is 0 Å². The molecule has 0 aliphatic carbocycles. The average molecular weight is 267 g/mol. The van der Waals surface area contributed by atoms with Crippen LogP contribution >= 0.6 is 0 Å². The Hall–Kier alpha value is -2.61. The van der Waals surface area contributed by atoms with Crippen molar-refractivity contribution in [1.29, 1.82) is 5.26 Å². The summed E-state index contributed by atoms with van der Waals surface area (Å²) in [4.78, 5) is 8.69. The van der Waals surface area contributed by atoms with E-state index in [1.807, 2.05) is 25.1 Å². The first-order chi connectivity index (χ1) is 9.71. The molecule has 20 heavy (non-hydrogen) atoms. The molecular weight excluding hydrogens is 250 g/mol. The van der Waals surface area contributed by atoms with Crippen molar-refractivity contribution >= 4 is 17.3 Å². The zero-order chi connectivity index (χ0) is 14.4. The number of nitrogens with zero attached hydrogens (tertiary/aromatic N) is 3. The fourth-order valence-electron chi connectivity index (χ4n) is 1.75. The quantitative estimate of drug-likeness (QED) is 0.870. The molecule has 2 aromatic rings. The lowest BCUT2D eigenvalue weighted by Crippen LogP contribution is -2.05. The maximum Gasteiger partial charge on any atom is 0.136 e. The third-order valence-corrected chi connectivity index (χ3v) is 2.68. The van der Waals surface area contributed by atoms with Crippen LogP contribution in [0.1, 0.15) is 24.7 Å². The van der Waals surface area contributed by atoms with Crippen molar-refractivity contribution in [3.63, 3.8) is 0 Å². The Balaban J connectivity index is 2.15. The van der Waals surface area contributed by atoms with E-state index in [0.717, 1.165) is 30.3 Å². The van der Waals surface area contributed by atoms with Crippen LogP contribution in [0.4, 0.5) is 17.3 Å². The summed E-state index contributed by atoms with van der Waals surface area (Å²) in [6, 6.07) is 11.2. The zero-order valence-corrected chi connectivity index (χ0v) is 11.6. The first-order valence-electron chi connectivity index (χ1n) is 6.58. The van der Waals surface area contributed by atoms with Crippen LogP contribution in [0.2, 0.25) is 0 Å². The number of nitrogens with one attached hydrogen (secondary N) is 2. The maximum absolute atomic E-state index is 8.77. The predicted molar refractivity (Wildman–Crippen MR) is 80.0 cm³/mol. The minimum Gasteiger partial charge on any atom is -0.370 e. The number of nitriles is 1. The van der Waals surface area contributed by atoms with Gasteiger partial charge in [-0.2, -0.15) is 5.26 Å².